The molecular weight excluding hydrogens is 402 g/mol. The minimum atomic E-state index is -0.688. The van der Waals surface area contributed by atoms with Crippen molar-refractivity contribution in [1.82, 2.24) is 19.9 Å². The monoisotopic (exact) mass is 431 g/mol. The van der Waals surface area contributed by atoms with Crippen LogP contribution in [0.2, 0.25) is 0 Å². The van der Waals surface area contributed by atoms with Gasteiger partial charge in [-0.2, -0.15) is 5.26 Å². The van der Waals surface area contributed by atoms with Gasteiger partial charge in [0.05, 0.1) is 17.4 Å². The van der Waals surface area contributed by atoms with Gasteiger partial charge in [0.25, 0.3) is 0 Å². The minimum absolute atomic E-state index is 0.0435. The molecule has 0 aliphatic heterocycles. The molecule has 0 radical (unpaired) electrons. The second-order valence-electron chi connectivity index (χ2n) is 8.03. The number of benzene rings is 1. The van der Waals surface area contributed by atoms with Crippen LogP contribution in [0.15, 0.2) is 30.6 Å². The maximum absolute atomic E-state index is 11.9. The number of aliphatic hydroxyl groups excluding tert-OH is 1. The van der Waals surface area contributed by atoms with Crippen LogP contribution in [0.4, 0.5) is 0 Å². The molecule has 0 aliphatic carbocycles. The molecule has 2 aromatic heterocycles. The van der Waals surface area contributed by atoms with Gasteiger partial charge in [-0.05, 0) is 55.5 Å². The highest BCUT2D eigenvalue weighted by Crippen LogP contribution is 2.25. The van der Waals surface area contributed by atoms with Gasteiger partial charge in [0.15, 0.2) is 11.6 Å². The maximum Gasteiger partial charge on any atom is 0.160 e. The summed E-state index contributed by atoms with van der Waals surface area (Å²) >= 11 is 0. The molecule has 0 unspecified atom stereocenters. The van der Waals surface area contributed by atoms with E-state index in [1.54, 1.807) is 13.1 Å². The normalized spacial score (nSPS) is 11.9. The first-order chi connectivity index (χ1) is 15.3. The largest absolute Gasteiger partial charge is 0.387 e. The Morgan fingerprint density at radius 2 is 2.09 bits per heavy atom. The Hall–Kier alpha value is -3.34. The molecule has 0 fully saturated rings. The van der Waals surface area contributed by atoms with Crippen LogP contribution in [0.5, 0.6) is 0 Å². The highest BCUT2D eigenvalue weighted by atomic mass is 16.3. The van der Waals surface area contributed by atoms with Crippen molar-refractivity contribution in [3.05, 3.63) is 69.7 Å². The first-order valence-corrected chi connectivity index (χ1v) is 10.7. The molecule has 0 aliphatic rings. The number of carbonyl (C=O) groups is 1. The SMILES string of the molecule is CCc1c(C(C)=O)ccc([C@@H](O)CNCc2cn(C)c(-c3cc(C)c(C#N)cn3)n2)c1C. The lowest BCUT2D eigenvalue weighted by atomic mass is 9.91. The number of hydrogen-bond donors (Lipinski definition) is 2. The van der Waals surface area contributed by atoms with Gasteiger partial charge in [0.1, 0.15) is 11.8 Å². The van der Waals surface area contributed by atoms with Crippen LogP contribution in [0.1, 0.15) is 63.8 Å². The molecule has 7 heteroatoms. The number of aryl methyl sites for hydroxylation is 2. The van der Waals surface area contributed by atoms with Gasteiger partial charge in [0, 0.05) is 38.1 Å². The zero-order valence-electron chi connectivity index (χ0n) is 19.2. The van der Waals surface area contributed by atoms with Crippen molar-refractivity contribution in [2.24, 2.45) is 7.05 Å². The Labute approximate surface area is 188 Å². The van der Waals surface area contributed by atoms with Crippen LogP contribution in [0.3, 0.4) is 0 Å². The number of rotatable bonds is 8. The summed E-state index contributed by atoms with van der Waals surface area (Å²) in [6.07, 6.45) is 3.55. The average molecular weight is 432 g/mol. The molecule has 1 atom stereocenters. The summed E-state index contributed by atoms with van der Waals surface area (Å²) in [6.45, 7) is 8.29. The third-order valence-corrected chi connectivity index (χ3v) is 5.76. The standard InChI is InChI=1S/C25H29N5O2/c1-6-20-16(3)21(7-8-22(20)17(4)31)24(32)13-27-12-19-14-30(5)25(29-19)23-9-15(2)18(10-26)11-28-23/h7-9,11,14,24,27,32H,6,12-13H2,1-5H3/t24-/m0/s1. The third kappa shape index (κ3) is 4.77. The Kier molecular flexibility index (Phi) is 7.18. The van der Waals surface area contributed by atoms with E-state index in [1.165, 1.54) is 0 Å². The van der Waals surface area contributed by atoms with E-state index >= 15 is 0 Å². The van der Waals surface area contributed by atoms with E-state index in [9.17, 15) is 9.90 Å². The van der Waals surface area contributed by atoms with Crippen LogP contribution in [-0.4, -0.2) is 32.0 Å². The number of nitrogens with zero attached hydrogens (tertiary/aromatic N) is 4. The number of nitriles is 1. The summed E-state index contributed by atoms with van der Waals surface area (Å²) < 4.78 is 1.90. The summed E-state index contributed by atoms with van der Waals surface area (Å²) in [5.74, 6) is 0.764. The Morgan fingerprint density at radius 1 is 1.34 bits per heavy atom. The molecule has 0 spiro atoms. The third-order valence-electron chi connectivity index (χ3n) is 5.76. The van der Waals surface area contributed by atoms with E-state index in [0.717, 1.165) is 45.8 Å². The molecule has 0 bridgehead atoms. The quantitative estimate of drug-likeness (QED) is 0.529. The maximum atomic E-state index is 11.9. The number of aromatic nitrogens is 3. The van der Waals surface area contributed by atoms with Gasteiger partial charge in [-0.25, -0.2) is 4.98 Å². The lowest BCUT2D eigenvalue weighted by molar-refractivity contribution is 0.101. The Balaban J connectivity index is 1.69. The molecule has 3 aromatic rings. The number of nitrogens with one attached hydrogen (secondary N) is 1. The summed E-state index contributed by atoms with van der Waals surface area (Å²) in [7, 11) is 1.90. The van der Waals surface area contributed by atoms with Crippen LogP contribution < -0.4 is 5.32 Å². The summed E-state index contributed by atoms with van der Waals surface area (Å²) in [5, 5.41) is 23.1. The van der Waals surface area contributed by atoms with Crippen LogP contribution in [0.25, 0.3) is 11.5 Å². The van der Waals surface area contributed by atoms with Crippen molar-refractivity contribution < 1.29 is 9.90 Å². The minimum Gasteiger partial charge on any atom is -0.387 e. The zero-order valence-corrected chi connectivity index (χ0v) is 19.2. The van der Waals surface area contributed by atoms with Crippen LogP contribution in [-0.2, 0) is 20.0 Å². The summed E-state index contributed by atoms with van der Waals surface area (Å²) in [5.41, 5.74) is 6.47. The molecule has 1 aromatic carbocycles. The van der Waals surface area contributed by atoms with Gasteiger partial charge in [-0.3, -0.25) is 9.78 Å². The lowest BCUT2D eigenvalue weighted by Crippen LogP contribution is -2.22. The van der Waals surface area contributed by atoms with Gasteiger partial charge in [-0.15, -0.1) is 0 Å². The van der Waals surface area contributed by atoms with Crippen molar-refractivity contribution in [2.75, 3.05) is 6.54 Å². The average Bonchev–Trinajstić information content (AvgIpc) is 3.13. The fourth-order valence-electron chi connectivity index (χ4n) is 4.02. The fraction of sp³-hybridized carbons (Fsp3) is 0.360. The number of aliphatic hydroxyl groups is 1. The number of carbonyl (C=O) groups excluding carboxylic acids is 1. The molecule has 0 amide bonds. The second-order valence-corrected chi connectivity index (χ2v) is 8.03. The predicted octanol–water partition coefficient (Wildman–Crippen LogP) is 3.56. The molecule has 166 valence electrons. The summed E-state index contributed by atoms with van der Waals surface area (Å²) in [4.78, 5) is 20.9. The van der Waals surface area contributed by atoms with E-state index in [0.29, 0.717) is 24.3 Å². The van der Waals surface area contributed by atoms with Crippen molar-refractivity contribution in [2.45, 2.75) is 46.8 Å². The van der Waals surface area contributed by atoms with Crippen molar-refractivity contribution in [3.63, 3.8) is 0 Å². The van der Waals surface area contributed by atoms with E-state index in [4.69, 9.17) is 5.26 Å². The molecule has 32 heavy (non-hydrogen) atoms. The lowest BCUT2D eigenvalue weighted by Gasteiger charge is -2.18. The van der Waals surface area contributed by atoms with E-state index in [1.807, 2.05) is 56.8 Å². The molecule has 3 rings (SSSR count). The fourth-order valence-corrected chi connectivity index (χ4v) is 4.02. The van der Waals surface area contributed by atoms with Crippen LogP contribution >= 0.6 is 0 Å². The highest BCUT2D eigenvalue weighted by molar-refractivity contribution is 5.96. The van der Waals surface area contributed by atoms with Crippen molar-refractivity contribution in [1.29, 1.82) is 5.26 Å². The topological polar surface area (TPSA) is 104 Å². The predicted molar refractivity (Wildman–Crippen MR) is 123 cm³/mol. The van der Waals surface area contributed by atoms with E-state index < -0.39 is 6.10 Å². The van der Waals surface area contributed by atoms with E-state index in [2.05, 4.69) is 21.4 Å². The number of imidazole rings is 1. The molecule has 2 N–H and O–H groups in total. The molecule has 2 heterocycles. The Bertz CT molecular complexity index is 1190. The molecular formula is C25H29N5O2. The molecule has 0 saturated heterocycles. The van der Waals surface area contributed by atoms with Gasteiger partial charge in [-0.1, -0.05) is 19.1 Å². The first kappa shape index (κ1) is 23.3. The number of Topliss-reactive ketones (excluding diaryl/α,β-unsaturated/α-hetero) is 1. The molecule has 7 nitrogen and oxygen atoms in total. The number of ketones is 1. The first-order valence-electron chi connectivity index (χ1n) is 10.7. The summed E-state index contributed by atoms with van der Waals surface area (Å²) in [6, 6.07) is 7.64. The van der Waals surface area contributed by atoms with Crippen molar-refractivity contribution in [3.8, 4) is 17.6 Å². The second kappa shape index (κ2) is 9.86. The van der Waals surface area contributed by atoms with Gasteiger partial charge >= 0.3 is 0 Å². The molecule has 0 saturated carbocycles. The Morgan fingerprint density at radius 3 is 2.72 bits per heavy atom. The van der Waals surface area contributed by atoms with Crippen molar-refractivity contribution >= 4 is 5.78 Å². The number of hydrogen-bond acceptors (Lipinski definition) is 6. The van der Waals surface area contributed by atoms with Crippen LogP contribution in [0, 0.1) is 25.2 Å². The smallest absolute Gasteiger partial charge is 0.160 e. The highest BCUT2D eigenvalue weighted by Gasteiger charge is 2.17. The number of pyridine rings is 1. The van der Waals surface area contributed by atoms with Gasteiger partial charge < -0.3 is 15.0 Å². The zero-order chi connectivity index (χ0) is 23.4. The van der Waals surface area contributed by atoms with E-state index in [-0.39, 0.29) is 5.78 Å². The van der Waals surface area contributed by atoms with Gasteiger partial charge in [0.2, 0.25) is 0 Å².